The summed E-state index contributed by atoms with van der Waals surface area (Å²) >= 11 is 2.00. The molecule has 19 heavy (non-hydrogen) atoms. The summed E-state index contributed by atoms with van der Waals surface area (Å²) in [6, 6.07) is 13.3. The number of fused-ring (bicyclic) bond motifs is 1. The van der Waals surface area contributed by atoms with Crippen LogP contribution in [0.1, 0.15) is 24.1 Å². The van der Waals surface area contributed by atoms with Crippen LogP contribution in [-0.2, 0) is 6.42 Å². The molecule has 3 heteroatoms. The Morgan fingerprint density at radius 2 is 2.05 bits per heavy atom. The molecule has 0 radical (unpaired) electrons. The van der Waals surface area contributed by atoms with E-state index >= 15 is 0 Å². The molecule has 98 valence electrons. The maximum absolute atomic E-state index is 4.06. The van der Waals surface area contributed by atoms with Crippen LogP contribution in [0, 0.1) is 0 Å². The molecule has 3 rings (SSSR count). The zero-order valence-electron chi connectivity index (χ0n) is 11.0. The summed E-state index contributed by atoms with van der Waals surface area (Å²) in [6.45, 7) is 3.25. The van der Waals surface area contributed by atoms with Gasteiger partial charge in [0.05, 0.1) is 0 Å². The van der Waals surface area contributed by atoms with E-state index in [1.807, 2.05) is 24.2 Å². The average Bonchev–Trinajstić information content (AvgIpc) is 2.88. The van der Waals surface area contributed by atoms with E-state index in [9.17, 15) is 0 Å². The monoisotopic (exact) mass is 270 g/mol. The fourth-order valence-electron chi connectivity index (χ4n) is 2.45. The lowest BCUT2D eigenvalue weighted by Crippen LogP contribution is -2.27. The van der Waals surface area contributed by atoms with Crippen LogP contribution in [-0.4, -0.2) is 16.8 Å². The Bertz CT molecular complexity index is 516. The first-order valence-electron chi connectivity index (χ1n) is 6.71. The molecule has 0 fully saturated rings. The molecule has 0 aliphatic carbocycles. The Morgan fingerprint density at radius 3 is 2.84 bits per heavy atom. The van der Waals surface area contributed by atoms with Crippen LogP contribution in [0.15, 0.2) is 53.7 Å². The second-order valence-electron chi connectivity index (χ2n) is 4.96. The summed E-state index contributed by atoms with van der Waals surface area (Å²) < 4.78 is 0. The molecule has 2 atom stereocenters. The lowest BCUT2D eigenvalue weighted by molar-refractivity contribution is 0.566. The number of nitrogens with zero attached hydrogens (tertiary/aromatic N) is 1. The standard InChI is InChI=1S/C16H18N2S/c1-12(13-6-8-17-9-7-13)18-11-15-10-14-4-2-3-5-16(14)19-15/h2-9,12,15,18H,10-11H2,1H3/t12-,15?/m0/s1. The first-order valence-corrected chi connectivity index (χ1v) is 7.59. The fraction of sp³-hybridized carbons (Fsp3) is 0.312. The van der Waals surface area contributed by atoms with Gasteiger partial charge in [-0.25, -0.2) is 0 Å². The zero-order valence-corrected chi connectivity index (χ0v) is 11.9. The van der Waals surface area contributed by atoms with Crippen molar-refractivity contribution in [1.29, 1.82) is 0 Å². The highest BCUT2D eigenvalue weighted by molar-refractivity contribution is 8.00. The molecule has 1 unspecified atom stereocenters. The van der Waals surface area contributed by atoms with Crippen molar-refractivity contribution >= 4 is 11.8 Å². The second-order valence-corrected chi connectivity index (χ2v) is 6.30. The summed E-state index contributed by atoms with van der Waals surface area (Å²) in [6.07, 6.45) is 4.89. The van der Waals surface area contributed by atoms with Gasteiger partial charge in [-0.1, -0.05) is 18.2 Å². The molecule has 2 aromatic rings. The summed E-state index contributed by atoms with van der Waals surface area (Å²) in [5, 5.41) is 4.28. The number of aromatic nitrogens is 1. The quantitative estimate of drug-likeness (QED) is 0.921. The number of pyridine rings is 1. The van der Waals surface area contributed by atoms with Gasteiger partial charge in [-0.2, -0.15) is 0 Å². The van der Waals surface area contributed by atoms with Crippen molar-refractivity contribution in [1.82, 2.24) is 10.3 Å². The van der Waals surface area contributed by atoms with Crippen LogP contribution in [0.5, 0.6) is 0 Å². The molecular weight excluding hydrogens is 252 g/mol. The maximum atomic E-state index is 4.06. The Labute approximate surface area is 118 Å². The van der Waals surface area contributed by atoms with Gasteiger partial charge >= 0.3 is 0 Å². The average molecular weight is 270 g/mol. The molecule has 1 aliphatic heterocycles. The summed E-state index contributed by atoms with van der Waals surface area (Å²) in [5.74, 6) is 0. The normalized spacial score (nSPS) is 19.1. The van der Waals surface area contributed by atoms with Gasteiger partial charge in [-0.05, 0) is 42.7 Å². The highest BCUT2D eigenvalue weighted by atomic mass is 32.2. The smallest absolute Gasteiger partial charge is 0.0293 e. The largest absolute Gasteiger partial charge is 0.309 e. The minimum Gasteiger partial charge on any atom is -0.309 e. The van der Waals surface area contributed by atoms with E-state index in [-0.39, 0.29) is 0 Å². The van der Waals surface area contributed by atoms with Crippen LogP contribution in [0.3, 0.4) is 0 Å². The Hall–Kier alpha value is -1.32. The fourth-order valence-corrected chi connectivity index (χ4v) is 3.71. The molecule has 1 aliphatic rings. The lowest BCUT2D eigenvalue weighted by Gasteiger charge is -2.16. The number of thioether (sulfide) groups is 1. The Balaban J connectivity index is 1.55. The third-order valence-corrected chi connectivity index (χ3v) is 4.89. The molecule has 0 saturated heterocycles. The van der Waals surface area contributed by atoms with Crippen LogP contribution in [0.4, 0.5) is 0 Å². The number of hydrogen-bond acceptors (Lipinski definition) is 3. The van der Waals surface area contributed by atoms with E-state index < -0.39 is 0 Å². The predicted octanol–water partition coefficient (Wildman–Crippen LogP) is 3.45. The van der Waals surface area contributed by atoms with E-state index in [2.05, 4.69) is 53.6 Å². The van der Waals surface area contributed by atoms with Crippen molar-refractivity contribution in [2.24, 2.45) is 0 Å². The summed E-state index contributed by atoms with van der Waals surface area (Å²) in [5.41, 5.74) is 2.80. The minimum absolute atomic E-state index is 0.382. The molecule has 0 amide bonds. The maximum Gasteiger partial charge on any atom is 0.0293 e. The highest BCUT2D eigenvalue weighted by Crippen LogP contribution is 2.36. The molecule has 0 saturated carbocycles. The van der Waals surface area contributed by atoms with Gasteiger partial charge in [0.25, 0.3) is 0 Å². The molecule has 1 aromatic heterocycles. The summed E-state index contributed by atoms with van der Waals surface area (Å²) in [4.78, 5) is 5.51. The van der Waals surface area contributed by atoms with E-state index in [4.69, 9.17) is 0 Å². The van der Waals surface area contributed by atoms with Gasteiger partial charge in [0.1, 0.15) is 0 Å². The van der Waals surface area contributed by atoms with Crippen molar-refractivity contribution in [2.75, 3.05) is 6.54 Å². The molecule has 0 spiro atoms. The molecule has 1 aromatic carbocycles. The van der Waals surface area contributed by atoms with Gasteiger partial charge in [-0.15, -0.1) is 11.8 Å². The van der Waals surface area contributed by atoms with Gasteiger partial charge in [0.2, 0.25) is 0 Å². The van der Waals surface area contributed by atoms with Crippen LogP contribution >= 0.6 is 11.8 Å². The van der Waals surface area contributed by atoms with E-state index in [1.54, 1.807) is 0 Å². The third-order valence-electron chi connectivity index (χ3n) is 3.57. The van der Waals surface area contributed by atoms with Crippen LogP contribution in [0.25, 0.3) is 0 Å². The number of hydrogen-bond donors (Lipinski definition) is 1. The van der Waals surface area contributed by atoms with E-state index in [1.165, 1.54) is 22.4 Å². The summed E-state index contributed by atoms with van der Waals surface area (Å²) in [7, 11) is 0. The van der Waals surface area contributed by atoms with Crippen molar-refractivity contribution < 1.29 is 0 Å². The molecule has 2 heterocycles. The SMILES string of the molecule is C[C@H](NCC1Cc2ccccc2S1)c1ccncc1. The van der Waals surface area contributed by atoms with E-state index in [0.717, 1.165) is 6.54 Å². The van der Waals surface area contributed by atoms with Crippen LogP contribution in [0.2, 0.25) is 0 Å². The minimum atomic E-state index is 0.382. The molecular formula is C16H18N2S. The Morgan fingerprint density at radius 1 is 1.26 bits per heavy atom. The predicted molar refractivity (Wildman–Crippen MR) is 80.4 cm³/mol. The molecule has 0 bridgehead atoms. The third kappa shape index (κ3) is 2.99. The van der Waals surface area contributed by atoms with Crippen molar-refractivity contribution in [2.45, 2.75) is 29.5 Å². The Kier molecular flexibility index (Phi) is 3.85. The van der Waals surface area contributed by atoms with E-state index in [0.29, 0.717) is 11.3 Å². The molecule has 2 nitrogen and oxygen atoms in total. The van der Waals surface area contributed by atoms with Gasteiger partial charge in [-0.3, -0.25) is 4.98 Å². The zero-order chi connectivity index (χ0) is 13.1. The molecule has 1 N–H and O–H groups in total. The van der Waals surface area contributed by atoms with Gasteiger partial charge < -0.3 is 5.32 Å². The van der Waals surface area contributed by atoms with Crippen molar-refractivity contribution in [3.63, 3.8) is 0 Å². The number of benzene rings is 1. The topological polar surface area (TPSA) is 24.9 Å². The number of nitrogens with one attached hydrogen (secondary N) is 1. The number of rotatable bonds is 4. The first kappa shape index (κ1) is 12.7. The second kappa shape index (κ2) is 5.76. The van der Waals surface area contributed by atoms with Gasteiger partial charge in [0.15, 0.2) is 0 Å². The van der Waals surface area contributed by atoms with Crippen molar-refractivity contribution in [3.05, 3.63) is 59.9 Å². The first-order chi connectivity index (χ1) is 9.33. The lowest BCUT2D eigenvalue weighted by atomic mass is 10.1. The highest BCUT2D eigenvalue weighted by Gasteiger charge is 2.21. The van der Waals surface area contributed by atoms with Crippen molar-refractivity contribution in [3.8, 4) is 0 Å². The van der Waals surface area contributed by atoms with Crippen LogP contribution < -0.4 is 5.32 Å². The van der Waals surface area contributed by atoms with Gasteiger partial charge in [0, 0.05) is 35.1 Å².